The van der Waals surface area contributed by atoms with Crippen molar-refractivity contribution in [3.63, 3.8) is 0 Å². The maximum absolute atomic E-state index is 13.0. The lowest BCUT2D eigenvalue weighted by molar-refractivity contribution is -0.171. The summed E-state index contributed by atoms with van der Waals surface area (Å²) in [4.78, 5) is 26.0. The van der Waals surface area contributed by atoms with Crippen LogP contribution in [0, 0.1) is 47.3 Å². The molecule has 0 radical (unpaired) electrons. The lowest BCUT2D eigenvalue weighted by atomic mass is 9.65. The van der Waals surface area contributed by atoms with Gasteiger partial charge >= 0.3 is 11.9 Å². The van der Waals surface area contributed by atoms with Crippen molar-refractivity contribution >= 4 is 11.9 Å². The minimum Gasteiger partial charge on any atom is -0.462 e. The van der Waals surface area contributed by atoms with Gasteiger partial charge in [0.2, 0.25) is 0 Å². The van der Waals surface area contributed by atoms with Crippen LogP contribution in [0.3, 0.4) is 0 Å². The number of hydrogen-bond acceptors (Lipinski definition) is 4. The maximum Gasteiger partial charge on any atom is 0.310 e. The predicted molar refractivity (Wildman–Crippen MR) is 98.0 cm³/mol. The van der Waals surface area contributed by atoms with E-state index >= 15 is 0 Å². The van der Waals surface area contributed by atoms with Crippen molar-refractivity contribution in [1.82, 2.24) is 0 Å². The standard InChI is InChI=1S/C22H32O4/c1-5-11(3)25-21(23)19-15-10-16(20(19)22(24)26-12(4)6-2)18-14-8-7-13(9-14)17(15)18/h7-8,11-20H,5-6,9-10H2,1-4H3. The van der Waals surface area contributed by atoms with Gasteiger partial charge in [-0.2, -0.15) is 0 Å². The summed E-state index contributed by atoms with van der Waals surface area (Å²) in [5.41, 5.74) is 0. The normalized spacial score (nSPS) is 44.0. The summed E-state index contributed by atoms with van der Waals surface area (Å²) < 4.78 is 11.4. The summed E-state index contributed by atoms with van der Waals surface area (Å²) in [6.07, 6.45) is 8.33. The third kappa shape index (κ3) is 2.63. The average Bonchev–Trinajstić information content (AvgIpc) is 3.38. The van der Waals surface area contributed by atoms with Crippen LogP contribution in [0.4, 0.5) is 0 Å². The molecule has 10 unspecified atom stereocenters. The van der Waals surface area contributed by atoms with Crippen molar-refractivity contribution in [3.05, 3.63) is 12.2 Å². The molecule has 4 bridgehead atoms. The highest BCUT2D eigenvalue weighted by Gasteiger charge is 2.68. The molecule has 0 amide bonds. The molecule has 0 spiro atoms. The number of allylic oxidation sites excluding steroid dienone is 2. The molecule has 0 N–H and O–H groups in total. The molecule has 4 heteroatoms. The Morgan fingerprint density at radius 2 is 1.27 bits per heavy atom. The van der Waals surface area contributed by atoms with Crippen LogP contribution in [0.25, 0.3) is 0 Å². The molecule has 26 heavy (non-hydrogen) atoms. The highest BCUT2D eigenvalue weighted by atomic mass is 16.6. The second kappa shape index (κ2) is 6.69. The monoisotopic (exact) mass is 360 g/mol. The van der Waals surface area contributed by atoms with Crippen LogP contribution in [0.15, 0.2) is 12.2 Å². The topological polar surface area (TPSA) is 52.6 Å². The molecule has 0 aliphatic heterocycles. The summed E-state index contributed by atoms with van der Waals surface area (Å²) in [7, 11) is 0. The number of esters is 2. The molecule has 4 aliphatic carbocycles. The van der Waals surface area contributed by atoms with E-state index in [0.29, 0.717) is 23.7 Å². The van der Waals surface area contributed by atoms with E-state index in [1.165, 1.54) is 6.42 Å². The van der Waals surface area contributed by atoms with Gasteiger partial charge in [0.1, 0.15) is 0 Å². The zero-order valence-electron chi connectivity index (χ0n) is 16.4. The predicted octanol–water partition coefficient (Wildman–Crippen LogP) is 3.99. The third-order valence-corrected chi connectivity index (χ3v) is 7.75. The van der Waals surface area contributed by atoms with Crippen LogP contribution in [-0.2, 0) is 19.1 Å². The largest absolute Gasteiger partial charge is 0.462 e. The fourth-order valence-corrected chi connectivity index (χ4v) is 6.40. The number of carbonyl (C=O) groups excluding carboxylic acids is 2. The van der Waals surface area contributed by atoms with Crippen molar-refractivity contribution in [1.29, 1.82) is 0 Å². The van der Waals surface area contributed by atoms with Crippen LogP contribution in [0.5, 0.6) is 0 Å². The van der Waals surface area contributed by atoms with E-state index in [1.807, 2.05) is 27.7 Å². The smallest absolute Gasteiger partial charge is 0.310 e. The molecule has 0 aromatic rings. The molecule has 0 aromatic heterocycles. The fourth-order valence-electron chi connectivity index (χ4n) is 6.40. The molecular formula is C22H32O4. The molecular weight excluding hydrogens is 328 g/mol. The van der Waals surface area contributed by atoms with Gasteiger partial charge in [-0.15, -0.1) is 0 Å². The van der Waals surface area contributed by atoms with Crippen LogP contribution in [-0.4, -0.2) is 24.1 Å². The van der Waals surface area contributed by atoms with E-state index in [0.717, 1.165) is 19.3 Å². The van der Waals surface area contributed by atoms with Gasteiger partial charge in [-0.05, 0) is 75.0 Å². The summed E-state index contributed by atoms with van der Waals surface area (Å²) in [6.45, 7) is 7.90. The van der Waals surface area contributed by atoms with Crippen LogP contribution in [0.1, 0.15) is 53.4 Å². The van der Waals surface area contributed by atoms with E-state index in [2.05, 4.69) is 12.2 Å². The van der Waals surface area contributed by atoms with E-state index in [9.17, 15) is 9.59 Å². The lowest BCUT2D eigenvalue weighted by Crippen LogP contribution is -2.45. The van der Waals surface area contributed by atoms with E-state index in [4.69, 9.17) is 9.47 Å². The number of fused-ring (bicyclic) bond motifs is 9. The Hall–Kier alpha value is -1.32. The van der Waals surface area contributed by atoms with Gasteiger partial charge < -0.3 is 9.47 Å². The van der Waals surface area contributed by atoms with Gasteiger partial charge in [0.05, 0.1) is 24.0 Å². The molecule has 4 aliphatic rings. The summed E-state index contributed by atoms with van der Waals surface area (Å²) in [5, 5.41) is 0. The SMILES string of the molecule is CCC(C)OC(=O)C1C2CC(C1C(=O)OC(C)CC)C1C3C=CC(C3)C21. The minimum atomic E-state index is -0.306. The molecule has 3 saturated carbocycles. The van der Waals surface area contributed by atoms with Crippen LogP contribution >= 0.6 is 0 Å². The van der Waals surface area contributed by atoms with E-state index in [-0.39, 0.29) is 47.8 Å². The third-order valence-electron chi connectivity index (χ3n) is 7.75. The maximum atomic E-state index is 13.0. The van der Waals surface area contributed by atoms with E-state index < -0.39 is 0 Å². The van der Waals surface area contributed by atoms with Gasteiger partial charge in [-0.1, -0.05) is 26.0 Å². The minimum absolute atomic E-state index is 0.0939. The second-order valence-electron chi connectivity index (χ2n) is 9.03. The number of carbonyl (C=O) groups is 2. The van der Waals surface area contributed by atoms with Gasteiger partial charge in [0, 0.05) is 0 Å². The van der Waals surface area contributed by atoms with Crippen molar-refractivity contribution < 1.29 is 19.1 Å². The first kappa shape index (κ1) is 18.1. The Bertz CT molecular complexity index is 561. The van der Waals surface area contributed by atoms with Crippen molar-refractivity contribution in [2.75, 3.05) is 0 Å². The summed E-state index contributed by atoms with van der Waals surface area (Å²) in [5.74, 6) is 1.97. The summed E-state index contributed by atoms with van der Waals surface area (Å²) in [6, 6.07) is 0. The molecule has 3 fully saturated rings. The first-order valence-electron chi connectivity index (χ1n) is 10.6. The number of rotatable bonds is 6. The van der Waals surface area contributed by atoms with Gasteiger partial charge in [-0.3, -0.25) is 9.59 Å². The van der Waals surface area contributed by atoms with Crippen molar-refractivity contribution in [2.24, 2.45) is 47.3 Å². The molecule has 4 rings (SSSR count). The van der Waals surface area contributed by atoms with Crippen molar-refractivity contribution in [2.45, 2.75) is 65.6 Å². The Morgan fingerprint density at radius 3 is 1.65 bits per heavy atom. The van der Waals surface area contributed by atoms with E-state index in [1.54, 1.807) is 0 Å². The first-order chi connectivity index (χ1) is 12.5. The Labute approximate surface area is 156 Å². The Morgan fingerprint density at radius 1 is 0.846 bits per heavy atom. The van der Waals surface area contributed by atoms with Crippen LogP contribution in [0.2, 0.25) is 0 Å². The molecule has 0 aromatic carbocycles. The zero-order valence-corrected chi connectivity index (χ0v) is 16.4. The zero-order chi connectivity index (χ0) is 18.6. The van der Waals surface area contributed by atoms with Gasteiger partial charge in [0.15, 0.2) is 0 Å². The average molecular weight is 360 g/mol. The molecule has 0 saturated heterocycles. The molecule has 4 nitrogen and oxygen atoms in total. The highest BCUT2D eigenvalue weighted by molar-refractivity contribution is 5.84. The Balaban J connectivity index is 1.60. The highest BCUT2D eigenvalue weighted by Crippen LogP contribution is 2.69. The number of ether oxygens (including phenoxy) is 2. The van der Waals surface area contributed by atoms with Crippen molar-refractivity contribution in [3.8, 4) is 0 Å². The molecule has 0 heterocycles. The lowest BCUT2D eigenvalue weighted by Gasteiger charge is -2.40. The first-order valence-corrected chi connectivity index (χ1v) is 10.6. The number of hydrogen-bond donors (Lipinski definition) is 0. The van der Waals surface area contributed by atoms with Crippen LogP contribution < -0.4 is 0 Å². The summed E-state index contributed by atoms with van der Waals surface area (Å²) >= 11 is 0. The fraction of sp³-hybridized carbons (Fsp3) is 0.818. The molecule has 10 atom stereocenters. The molecule has 144 valence electrons. The quantitative estimate of drug-likeness (QED) is 0.408. The Kier molecular flexibility index (Phi) is 4.65. The second-order valence-corrected chi connectivity index (χ2v) is 9.03. The van der Waals surface area contributed by atoms with Gasteiger partial charge in [0.25, 0.3) is 0 Å². The van der Waals surface area contributed by atoms with Gasteiger partial charge in [-0.25, -0.2) is 0 Å².